The van der Waals surface area contributed by atoms with Gasteiger partial charge in [0, 0.05) is 18.6 Å². The molecule has 0 amide bonds. The highest BCUT2D eigenvalue weighted by atomic mass is 16.5. The van der Waals surface area contributed by atoms with E-state index in [9.17, 15) is 0 Å². The highest BCUT2D eigenvalue weighted by Gasteiger charge is 2.32. The SMILES string of the molecule is CC(C)N1CC(OC2CCCCC2)CC1C. The summed E-state index contributed by atoms with van der Waals surface area (Å²) in [5, 5.41) is 0. The Morgan fingerprint density at radius 1 is 1.06 bits per heavy atom. The van der Waals surface area contributed by atoms with E-state index in [2.05, 4.69) is 25.7 Å². The van der Waals surface area contributed by atoms with E-state index >= 15 is 0 Å². The maximum Gasteiger partial charge on any atom is 0.0720 e. The summed E-state index contributed by atoms with van der Waals surface area (Å²) in [6.45, 7) is 8.07. The average Bonchev–Trinajstić information content (AvgIpc) is 2.61. The number of hydrogen-bond donors (Lipinski definition) is 0. The molecule has 2 fully saturated rings. The molecule has 16 heavy (non-hydrogen) atoms. The third kappa shape index (κ3) is 2.98. The molecule has 2 nitrogen and oxygen atoms in total. The van der Waals surface area contributed by atoms with Crippen molar-refractivity contribution in [3.05, 3.63) is 0 Å². The summed E-state index contributed by atoms with van der Waals surface area (Å²) >= 11 is 0. The molecule has 0 aromatic rings. The minimum absolute atomic E-state index is 0.500. The second kappa shape index (κ2) is 5.50. The van der Waals surface area contributed by atoms with E-state index in [1.807, 2.05) is 0 Å². The zero-order chi connectivity index (χ0) is 11.5. The zero-order valence-corrected chi connectivity index (χ0v) is 11.1. The number of hydrogen-bond acceptors (Lipinski definition) is 2. The van der Waals surface area contributed by atoms with E-state index in [0.29, 0.717) is 24.3 Å². The number of rotatable bonds is 3. The predicted octanol–water partition coefficient (Wildman–Crippen LogP) is 3.21. The van der Waals surface area contributed by atoms with Crippen LogP contribution in [0, 0.1) is 0 Å². The molecular formula is C14H27NO. The smallest absolute Gasteiger partial charge is 0.0720 e. The van der Waals surface area contributed by atoms with Gasteiger partial charge < -0.3 is 4.74 Å². The fraction of sp³-hybridized carbons (Fsp3) is 1.00. The van der Waals surface area contributed by atoms with Gasteiger partial charge in [0.25, 0.3) is 0 Å². The Morgan fingerprint density at radius 2 is 1.75 bits per heavy atom. The number of likely N-dealkylation sites (tertiary alicyclic amines) is 1. The van der Waals surface area contributed by atoms with Crippen molar-refractivity contribution in [3.63, 3.8) is 0 Å². The van der Waals surface area contributed by atoms with Gasteiger partial charge in [-0.15, -0.1) is 0 Å². The van der Waals surface area contributed by atoms with E-state index in [-0.39, 0.29) is 0 Å². The van der Waals surface area contributed by atoms with Crippen molar-refractivity contribution < 1.29 is 4.74 Å². The van der Waals surface area contributed by atoms with Gasteiger partial charge in [0.15, 0.2) is 0 Å². The van der Waals surface area contributed by atoms with Gasteiger partial charge in [0.05, 0.1) is 12.2 Å². The van der Waals surface area contributed by atoms with Crippen LogP contribution in [0.25, 0.3) is 0 Å². The Labute approximate surface area is 100 Å². The third-order valence-corrected chi connectivity index (χ3v) is 4.19. The van der Waals surface area contributed by atoms with Crippen LogP contribution in [0.4, 0.5) is 0 Å². The fourth-order valence-electron chi connectivity index (χ4n) is 3.30. The molecule has 2 unspecified atom stereocenters. The monoisotopic (exact) mass is 225 g/mol. The molecule has 2 heteroatoms. The molecule has 0 radical (unpaired) electrons. The summed E-state index contributed by atoms with van der Waals surface area (Å²) in [5.41, 5.74) is 0. The molecule has 2 aliphatic rings. The van der Waals surface area contributed by atoms with Gasteiger partial charge in [-0.2, -0.15) is 0 Å². The van der Waals surface area contributed by atoms with Crippen LogP contribution in [0.2, 0.25) is 0 Å². The zero-order valence-electron chi connectivity index (χ0n) is 11.1. The van der Waals surface area contributed by atoms with Gasteiger partial charge in [-0.05, 0) is 40.0 Å². The first-order chi connectivity index (χ1) is 7.66. The first-order valence-electron chi connectivity index (χ1n) is 7.08. The van der Waals surface area contributed by atoms with Crippen LogP contribution in [-0.4, -0.2) is 35.7 Å². The first-order valence-corrected chi connectivity index (χ1v) is 7.08. The standard InChI is InChI=1S/C14H27NO/c1-11(2)15-10-14(9-12(15)3)16-13-7-5-4-6-8-13/h11-14H,4-10H2,1-3H3. The van der Waals surface area contributed by atoms with Gasteiger partial charge >= 0.3 is 0 Å². The quantitative estimate of drug-likeness (QED) is 0.731. The van der Waals surface area contributed by atoms with Crippen LogP contribution in [0.3, 0.4) is 0 Å². The Kier molecular flexibility index (Phi) is 4.26. The van der Waals surface area contributed by atoms with Crippen LogP contribution in [0.1, 0.15) is 59.3 Å². The molecule has 1 aliphatic heterocycles. The van der Waals surface area contributed by atoms with Crippen molar-refractivity contribution in [2.75, 3.05) is 6.54 Å². The summed E-state index contributed by atoms with van der Waals surface area (Å²) in [5.74, 6) is 0. The summed E-state index contributed by atoms with van der Waals surface area (Å²) in [6.07, 6.45) is 9.06. The molecule has 2 rings (SSSR count). The van der Waals surface area contributed by atoms with E-state index in [1.54, 1.807) is 0 Å². The molecule has 2 atom stereocenters. The Morgan fingerprint density at radius 3 is 2.31 bits per heavy atom. The average molecular weight is 225 g/mol. The van der Waals surface area contributed by atoms with E-state index in [1.165, 1.54) is 38.5 Å². The Balaban J connectivity index is 1.78. The second-order valence-corrected chi connectivity index (χ2v) is 5.89. The van der Waals surface area contributed by atoms with Crippen LogP contribution >= 0.6 is 0 Å². The lowest BCUT2D eigenvalue weighted by atomic mass is 9.97. The second-order valence-electron chi connectivity index (χ2n) is 5.89. The minimum Gasteiger partial charge on any atom is -0.374 e. The Hall–Kier alpha value is -0.0800. The van der Waals surface area contributed by atoms with Crippen LogP contribution in [0.5, 0.6) is 0 Å². The number of ether oxygens (including phenoxy) is 1. The van der Waals surface area contributed by atoms with Gasteiger partial charge in [0.2, 0.25) is 0 Å². The first kappa shape index (κ1) is 12.4. The molecule has 0 aromatic heterocycles. The van der Waals surface area contributed by atoms with E-state index in [4.69, 9.17) is 4.74 Å². The van der Waals surface area contributed by atoms with E-state index in [0.717, 1.165) is 6.54 Å². The molecule has 0 N–H and O–H groups in total. The molecule has 0 bridgehead atoms. The summed E-state index contributed by atoms with van der Waals surface area (Å²) < 4.78 is 6.26. The molecule has 1 aliphatic carbocycles. The lowest BCUT2D eigenvalue weighted by molar-refractivity contribution is -0.0252. The van der Waals surface area contributed by atoms with Gasteiger partial charge in [-0.1, -0.05) is 19.3 Å². The predicted molar refractivity (Wildman–Crippen MR) is 67.7 cm³/mol. The van der Waals surface area contributed by atoms with Gasteiger partial charge in [-0.3, -0.25) is 4.90 Å². The molecule has 94 valence electrons. The molecular weight excluding hydrogens is 198 g/mol. The van der Waals surface area contributed by atoms with Crippen LogP contribution in [0.15, 0.2) is 0 Å². The van der Waals surface area contributed by atoms with Crippen LogP contribution in [-0.2, 0) is 4.74 Å². The highest BCUT2D eigenvalue weighted by Crippen LogP contribution is 2.27. The summed E-state index contributed by atoms with van der Waals surface area (Å²) in [6, 6.07) is 1.36. The van der Waals surface area contributed by atoms with Crippen molar-refractivity contribution in [1.82, 2.24) is 4.90 Å². The molecule has 0 spiro atoms. The normalized spacial score (nSPS) is 33.8. The highest BCUT2D eigenvalue weighted by molar-refractivity contribution is 4.86. The van der Waals surface area contributed by atoms with Crippen molar-refractivity contribution in [1.29, 1.82) is 0 Å². The summed E-state index contributed by atoms with van der Waals surface area (Å²) in [7, 11) is 0. The van der Waals surface area contributed by atoms with Gasteiger partial charge in [-0.25, -0.2) is 0 Å². The van der Waals surface area contributed by atoms with Crippen molar-refractivity contribution in [3.8, 4) is 0 Å². The lowest BCUT2D eigenvalue weighted by Crippen LogP contribution is -2.35. The largest absolute Gasteiger partial charge is 0.374 e. The maximum absolute atomic E-state index is 6.26. The minimum atomic E-state index is 0.500. The van der Waals surface area contributed by atoms with E-state index < -0.39 is 0 Å². The third-order valence-electron chi connectivity index (χ3n) is 4.19. The topological polar surface area (TPSA) is 12.5 Å². The van der Waals surface area contributed by atoms with Crippen molar-refractivity contribution in [2.24, 2.45) is 0 Å². The van der Waals surface area contributed by atoms with Crippen molar-refractivity contribution in [2.45, 2.75) is 83.6 Å². The summed E-state index contributed by atoms with van der Waals surface area (Å²) in [4.78, 5) is 2.58. The fourth-order valence-corrected chi connectivity index (χ4v) is 3.30. The molecule has 1 heterocycles. The van der Waals surface area contributed by atoms with Crippen LogP contribution < -0.4 is 0 Å². The van der Waals surface area contributed by atoms with Gasteiger partial charge in [0.1, 0.15) is 0 Å². The molecule has 1 saturated carbocycles. The van der Waals surface area contributed by atoms with Crippen molar-refractivity contribution >= 4 is 0 Å². The number of nitrogens with zero attached hydrogens (tertiary/aromatic N) is 1. The molecule has 1 saturated heterocycles. The Bertz CT molecular complexity index is 211. The molecule has 0 aromatic carbocycles. The maximum atomic E-state index is 6.26. The lowest BCUT2D eigenvalue weighted by Gasteiger charge is -2.27.